The molecule has 0 aliphatic carbocycles. The molecule has 2 aromatic carbocycles. The summed E-state index contributed by atoms with van der Waals surface area (Å²) < 4.78 is 41.9. The normalized spacial score (nSPS) is 14.1. The maximum absolute atomic E-state index is 13.8. The fourth-order valence-electron chi connectivity index (χ4n) is 3.09. The minimum atomic E-state index is -3.75. The third-order valence-electron chi connectivity index (χ3n) is 4.48. The molecular weight excluding hydrogens is 427 g/mol. The first kappa shape index (κ1) is 20.2. The van der Waals surface area contributed by atoms with Gasteiger partial charge in [0.2, 0.25) is 5.91 Å². The summed E-state index contributed by atoms with van der Waals surface area (Å²) >= 11 is 1.26. The number of likely N-dealkylation sites (N-methyl/N-ethyl adjacent to an activating group) is 1. The molecule has 2 heterocycles. The van der Waals surface area contributed by atoms with Crippen molar-refractivity contribution < 1.29 is 17.6 Å². The zero-order valence-electron chi connectivity index (χ0n) is 15.9. The summed E-state index contributed by atoms with van der Waals surface area (Å²) in [6.07, 6.45) is 1.98. The van der Waals surface area contributed by atoms with Gasteiger partial charge in [-0.2, -0.15) is 8.42 Å². The zero-order chi connectivity index (χ0) is 21.3. The molecule has 0 radical (unpaired) electrons. The van der Waals surface area contributed by atoms with Crippen LogP contribution in [0, 0.1) is 5.82 Å². The van der Waals surface area contributed by atoms with Crippen LogP contribution >= 0.6 is 11.3 Å². The van der Waals surface area contributed by atoms with E-state index in [9.17, 15) is 17.6 Å². The minimum absolute atomic E-state index is 0.106. The summed E-state index contributed by atoms with van der Waals surface area (Å²) in [5.41, 5.74) is 1.02. The van der Waals surface area contributed by atoms with E-state index in [1.165, 1.54) is 28.4 Å². The predicted octanol–water partition coefficient (Wildman–Crippen LogP) is 2.89. The number of carbonyl (C=O) groups excluding carboxylic acids is 1. The van der Waals surface area contributed by atoms with Gasteiger partial charge in [-0.15, -0.1) is 15.7 Å². The molecule has 0 saturated heterocycles. The van der Waals surface area contributed by atoms with E-state index in [1.807, 2.05) is 0 Å². The van der Waals surface area contributed by atoms with Gasteiger partial charge in [-0.25, -0.2) is 9.37 Å². The summed E-state index contributed by atoms with van der Waals surface area (Å²) in [7, 11) is -2.15. The highest BCUT2D eigenvalue weighted by Crippen LogP contribution is 2.27. The average molecular weight is 445 g/mol. The molecular formula is C20H17FN4O3S2. The van der Waals surface area contributed by atoms with Crippen molar-refractivity contribution in [2.45, 2.75) is 11.3 Å². The lowest BCUT2D eigenvalue weighted by Gasteiger charge is -2.17. The van der Waals surface area contributed by atoms with E-state index in [0.29, 0.717) is 22.7 Å². The first-order valence-electron chi connectivity index (χ1n) is 8.97. The number of carbonyl (C=O) groups is 1. The fourth-order valence-corrected chi connectivity index (χ4v) is 5.19. The number of amidine groups is 1. The van der Waals surface area contributed by atoms with Crippen LogP contribution < -0.4 is 5.32 Å². The van der Waals surface area contributed by atoms with Crippen molar-refractivity contribution in [1.29, 1.82) is 0 Å². The van der Waals surface area contributed by atoms with Crippen LogP contribution in [0.5, 0.6) is 0 Å². The van der Waals surface area contributed by atoms with Gasteiger partial charge < -0.3 is 10.2 Å². The number of sulfonamides is 1. The van der Waals surface area contributed by atoms with Gasteiger partial charge in [0.1, 0.15) is 10.7 Å². The van der Waals surface area contributed by atoms with Crippen molar-refractivity contribution in [1.82, 2.24) is 9.88 Å². The topological polar surface area (TPSA) is 91.7 Å². The first-order valence-corrected chi connectivity index (χ1v) is 11.2. The number of nitrogens with zero attached hydrogens (tertiary/aromatic N) is 3. The summed E-state index contributed by atoms with van der Waals surface area (Å²) in [6.45, 7) is -0.106. The number of aromatic nitrogens is 1. The molecule has 0 unspecified atom stereocenters. The first-order chi connectivity index (χ1) is 14.3. The number of nitrogens with one attached hydrogen (secondary N) is 1. The molecule has 0 saturated carbocycles. The molecule has 1 aliphatic heterocycles. The Morgan fingerprint density at radius 2 is 1.90 bits per heavy atom. The largest absolute Gasteiger partial charge is 0.349 e. The van der Waals surface area contributed by atoms with Crippen LogP contribution in [-0.2, 0) is 21.2 Å². The summed E-state index contributed by atoms with van der Waals surface area (Å²) in [6, 6.07) is 13.0. The van der Waals surface area contributed by atoms with Gasteiger partial charge in [0.25, 0.3) is 10.0 Å². The van der Waals surface area contributed by atoms with E-state index >= 15 is 0 Å². The van der Waals surface area contributed by atoms with E-state index in [4.69, 9.17) is 0 Å². The Balaban J connectivity index is 1.41. The predicted molar refractivity (Wildman–Crippen MR) is 113 cm³/mol. The van der Waals surface area contributed by atoms with Crippen LogP contribution in [0.4, 0.5) is 9.52 Å². The van der Waals surface area contributed by atoms with Gasteiger partial charge in [0.15, 0.2) is 11.0 Å². The molecule has 154 valence electrons. The summed E-state index contributed by atoms with van der Waals surface area (Å²) in [4.78, 5) is 19.0. The van der Waals surface area contributed by atoms with Gasteiger partial charge >= 0.3 is 0 Å². The molecule has 0 atom stereocenters. The van der Waals surface area contributed by atoms with Crippen LogP contribution in [0.1, 0.15) is 16.0 Å². The molecule has 1 aromatic heterocycles. The molecule has 1 aliphatic rings. The van der Waals surface area contributed by atoms with Crippen LogP contribution in [0.2, 0.25) is 0 Å². The second-order valence-corrected chi connectivity index (χ2v) is 9.38. The highest BCUT2D eigenvalue weighted by atomic mass is 32.2. The Bertz CT molecular complexity index is 1250. The van der Waals surface area contributed by atoms with Crippen molar-refractivity contribution >= 4 is 38.2 Å². The second kappa shape index (κ2) is 7.96. The van der Waals surface area contributed by atoms with E-state index in [2.05, 4.69) is 14.7 Å². The number of thiazole rings is 1. The van der Waals surface area contributed by atoms with Gasteiger partial charge in [0.05, 0.1) is 6.54 Å². The maximum atomic E-state index is 13.8. The number of hydrogen-bond donors (Lipinski definition) is 1. The van der Waals surface area contributed by atoms with Crippen molar-refractivity contribution in [3.63, 3.8) is 0 Å². The Labute approximate surface area is 177 Å². The Morgan fingerprint density at radius 3 is 2.70 bits per heavy atom. The Kier molecular flexibility index (Phi) is 5.35. The van der Waals surface area contributed by atoms with E-state index in [1.54, 1.807) is 49.6 Å². The molecule has 3 aromatic rings. The number of anilines is 1. The van der Waals surface area contributed by atoms with Crippen LogP contribution in [0.15, 0.2) is 64.0 Å². The van der Waals surface area contributed by atoms with Crippen LogP contribution in [0.3, 0.4) is 0 Å². The van der Waals surface area contributed by atoms with Crippen molar-refractivity contribution in [2.24, 2.45) is 4.40 Å². The number of benzene rings is 2. The highest BCUT2D eigenvalue weighted by Gasteiger charge is 2.31. The molecule has 1 N–H and O–H groups in total. The van der Waals surface area contributed by atoms with Crippen LogP contribution in [-0.4, -0.2) is 43.6 Å². The number of hydrogen-bond acceptors (Lipinski definition) is 6. The van der Waals surface area contributed by atoms with Gasteiger partial charge in [-0.3, -0.25) is 4.79 Å². The lowest BCUT2D eigenvalue weighted by molar-refractivity contribution is -0.116. The van der Waals surface area contributed by atoms with Crippen molar-refractivity contribution in [3.8, 4) is 0 Å². The van der Waals surface area contributed by atoms with Crippen molar-refractivity contribution in [2.75, 3.05) is 18.9 Å². The van der Waals surface area contributed by atoms with Gasteiger partial charge in [-0.05, 0) is 23.8 Å². The SMILES string of the molecule is CN(CC(=O)Nc1ncc(Cc2ccccc2F)s1)C1=NS(=O)(=O)c2ccccc21. The van der Waals surface area contributed by atoms with E-state index < -0.39 is 10.0 Å². The Hall–Kier alpha value is -3.11. The number of halogens is 1. The quantitative estimate of drug-likeness (QED) is 0.653. The summed E-state index contributed by atoms with van der Waals surface area (Å²) in [5.74, 6) is -0.431. The van der Waals surface area contributed by atoms with Gasteiger partial charge in [0, 0.05) is 30.1 Å². The standard InChI is InChI=1S/C20H17FN4O3S2/c1-25(19-15-7-3-5-9-17(15)30(27,28)24-19)12-18(26)23-20-22-11-14(29-20)10-13-6-2-4-8-16(13)21/h2-9,11H,10,12H2,1H3,(H,22,23,26). The molecule has 1 amide bonds. The smallest absolute Gasteiger partial charge is 0.285 e. The third kappa shape index (κ3) is 4.10. The number of fused-ring (bicyclic) bond motifs is 1. The number of amides is 1. The van der Waals surface area contributed by atoms with E-state index in [0.717, 1.165) is 4.88 Å². The molecule has 7 nitrogen and oxygen atoms in total. The monoisotopic (exact) mass is 444 g/mol. The fraction of sp³-hybridized carbons (Fsp3) is 0.150. The van der Waals surface area contributed by atoms with E-state index in [-0.39, 0.29) is 29.0 Å². The maximum Gasteiger partial charge on any atom is 0.285 e. The van der Waals surface area contributed by atoms with Crippen LogP contribution in [0.25, 0.3) is 0 Å². The van der Waals surface area contributed by atoms with Crippen molar-refractivity contribution in [3.05, 3.63) is 76.5 Å². The lowest BCUT2D eigenvalue weighted by Crippen LogP contribution is -2.34. The molecule has 0 bridgehead atoms. The highest BCUT2D eigenvalue weighted by molar-refractivity contribution is 7.90. The van der Waals surface area contributed by atoms with Gasteiger partial charge in [-0.1, -0.05) is 30.3 Å². The molecule has 0 spiro atoms. The number of rotatable bonds is 5. The minimum Gasteiger partial charge on any atom is -0.349 e. The molecule has 0 fully saturated rings. The zero-order valence-corrected chi connectivity index (χ0v) is 17.5. The Morgan fingerprint density at radius 1 is 1.17 bits per heavy atom. The average Bonchev–Trinajstić information content (AvgIpc) is 3.25. The second-order valence-electron chi connectivity index (χ2n) is 6.69. The molecule has 10 heteroatoms. The third-order valence-corrected chi connectivity index (χ3v) is 6.72. The molecule has 4 rings (SSSR count). The molecule has 30 heavy (non-hydrogen) atoms. The summed E-state index contributed by atoms with van der Waals surface area (Å²) in [5, 5.41) is 3.08. The lowest BCUT2D eigenvalue weighted by atomic mass is 10.1.